The zero-order chi connectivity index (χ0) is 11.8. The molecule has 0 bridgehead atoms. The van der Waals surface area contributed by atoms with E-state index < -0.39 is 13.5 Å². The van der Waals surface area contributed by atoms with Crippen LogP contribution in [0.3, 0.4) is 0 Å². The zero-order valence-electron chi connectivity index (χ0n) is 7.98. The first kappa shape index (κ1) is 16.1. The fraction of sp³-hybridized carbons (Fsp3) is 0.667. The van der Waals surface area contributed by atoms with Crippen molar-refractivity contribution in [1.29, 1.82) is 0 Å². The maximum absolute atomic E-state index is 11.3. The first-order valence-corrected chi connectivity index (χ1v) is 9.63. The van der Waals surface area contributed by atoms with Gasteiger partial charge in [0.15, 0.2) is 0 Å². The third-order valence-corrected chi connectivity index (χ3v) is 3.60. The largest absolute Gasteiger partial charge is 0.450 e. The highest BCUT2D eigenvalue weighted by atomic mass is 35.5. The van der Waals surface area contributed by atoms with Gasteiger partial charge in [0, 0.05) is 6.42 Å². The zero-order valence-corrected chi connectivity index (χ0v) is 13.1. The van der Waals surface area contributed by atoms with E-state index in [0.717, 1.165) is 0 Å². The maximum Gasteiger partial charge on any atom is 0.325 e. The Morgan fingerprint density at radius 1 is 1.47 bits per heavy atom. The van der Waals surface area contributed by atoms with E-state index in [1.807, 2.05) is 9.47 Å². The van der Waals surface area contributed by atoms with Crippen molar-refractivity contribution in [3.63, 3.8) is 0 Å². The van der Waals surface area contributed by atoms with Crippen molar-refractivity contribution in [2.45, 2.75) is 18.9 Å². The molecule has 15 heavy (non-hydrogen) atoms. The SMILES string of the molecule is O=C(CCl)CC[C@H](NP(P)P)C(=O)OP. The second-order valence-electron chi connectivity index (χ2n) is 2.74. The third-order valence-electron chi connectivity index (χ3n) is 1.57. The Bertz CT molecular complexity index is 228. The van der Waals surface area contributed by atoms with E-state index in [9.17, 15) is 9.59 Å². The minimum atomic E-state index is -0.584. The second kappa shape index (κ2) is 9.17. The van der Waals surface area contributed by atoms with Crippen LogP contribution in [-0.4, -0.2) is 23.7 Å². The van der Waals surface area contributed by atoms with E-state index in [2.05, 4.69) is 27.5 Å². The van der Waals surface area contributed by atoms with Crippen LogP contribution in [-0.2, 0) is 14.1 Å². The summed E-state index contributed by atoms with van der Waals surface area (Å²) < 4.78 is 4.54. The van der Waals surface area contributed by atoms with Crippen molar-refractivity contribution in [2.24, 2.45) is 0 Å². The smallest absolute Gasteiger partial charge is 0.325 e. The van der Waals surface area contributed by atoms with Gasteiger partial charge in [-0.15, -0.1) is 11.6 Å². The molecule has 0 heterocycles. The van der Waals surface area contributed by atoms with Gasteiger partial charge in [0.25, 0.3) is 0 Å². The van der Waals surface area contributed by atoms with Crippen molar-refractivity contribution < 1.29 is 14.1 Å². The summed E-state index contributed by atoms with van der Waals surface area (Å²) in [4.78, 5) is 22.3. The predicted molar refractivity (Wildman–Crippen MR) is 74.0 cm³/mol. The number of nitrogens with one attached hydrogen (secondary N) is 1. The van der Waals surface area contributed by atoms with Gasteiger partial charge in [0.1, 0.15) is 11.8 Å². The van der Waals surface area contributed by atoms with Gasteiger partial charge in [-0.1, -0.05) is 17.9 Å². The van der Waals surface area contributed by atoms with Crippen LogP contribution >= 0.6 is 46.4 Å². The Morgan fingerprint density at radius 2 is 2.07 bits per heavy atom. The minimum Gasteiger partial charge on any atom is -0.450 e. The molecule has 0 spiro atoms. The van der Waals surface area contributed by atoms with Crippen LogP contribution in [0, 0.1) is 0 Å². The highest BCUT2D eigenvalue weighted by molar-refractivity contribution is 8.42. The van der Waals surface area contributed by atoms with Gasteiger partial charge in [-0.2, -0.15) is 0 Å². The Balaban J connectivity index is 4.12. The van der Waals surface area contributed by atoms with Crippen molar-refractivity contribution in [1.82, 2.24) is 5.09 Å². The number of hydrogen-bond donors (Lipinski definition) is 1. The molecule has 0 aliphatic rings. The summed E-state index contributed by atoms with van der Waals surface area (Å²) >= 11 is 5.36. The molecule has 0 aromatic heterocycles. The average Bonchev–Trinajstić information content (AvgIpc) is 2.21. The first-order valence-electron chi connectivity index (χ1n) is 4.05. The van der Waals surface area contributed by atoms with Gasteiger partial charge in [0.05, 0.1) is 15.3 Å². The van der Waals surface area contributed by atoms with Crippen LogP contribution in [0.4, 0.5) is 0 Å². The molecule has 0 aromatic carbocycles. The molecule has 0 amide bonds. The summed E-state index contributed by atoms with van der Waals surface area (Å²) in [5.74, 6) is -0.476. The number of halogens is 1. The fourth-order valence-electron chi connectivity index (χ4n) is 0.869. The lowest BCUT2D eigenvalue weighted by atomic mass is 10.1. The number of carbonyl (C=O) groups excluding carboxylic acids is 2. The molecule has 1 N–H and O–H groups in total. The first-order chi connectivity index (χ1) is 7.01. The molecular weight excluding hydrogens is 293 g/mol. The summed E-state index contributed by atoms with van der Waals surface area (Å²) in [5.41, 5.74) is 0. The molecule has 88 valence electrons. The summed E-state index contributed by atoms with van der Waals surface area (Å²) in [6.07, 6.45) is 0.680. The lowest BCUT2D eigenvalue weighted by Crippen LogP contribution is -2.32. The van der Waals surface area contributed by atoms with Crippen molar-refractivity contribution >= 4 is 58.1 Å². The van der Waals surface area contributed by atoms with Gasteiger partial charge in [-0.05, 0) is 13.9 Å². The van der Waals surface area contributed by atoms with E-state index in [-0.39, 0.29) is 24.1 Å². The Labute approximate surface area is 102 Å². The standard InChI is InChI=1S/C6H14ClNO3P4/c7-3-4(9)1-2-5(6(10)11-12)8-15(13)14/h5,8H,1-3,12-14H2/t5-/m0/s1. The lowest BCUT2D eigenvalue weighted by molar-refractivity contribution is -0.135. The van der Waals surface area contributed by atoms with Crippen LogP contribution < -0.4 is 5.09 Å². The molecule has 3 unspecified atom stereocenters. The highest BCUT2D eigenvalue weighted by Gasteiger charge is 2.20. The van der Waals surface area contributed by atoms with Crippen LogP contribution in [0.2, 0.25) is 0 Å². The van der Waals surface area contributed by atoms with Crippen molar-refractivity contribution in [3.05, 3.63) is 0 Å². The van der Waals surface area contributed by atoms with Gasteiger partial charge < -0.3 is 4.52 Å². The molecule has 9 heteroatoms. The molecular formula is C6H14ClNO3P4. The van der Waals surface area contributed by atoms with Crippen molar-refractivity contribution in [2.75, 3.05) is 5.88 Å². The van der Waals surface area contributed by atoms with E-state index in [0.29, 0.717) is 6.42 Å². The Hall–Kier alpha value is 1.11. The topological polar surface area (TPSA) is 55.4 Å². The van der Waals surface area contributed by atoms with Crippen LogP contribution in [0.5, 0.6) is 0 Å². The molecule has 4 atom stereocenters. The number of rotatable bonds is 7. The van der Waals surface area contributed by atoms with Gasteiger partial charge >= 0.3 is 5.97 Å². The summed E-state index contributed by atoms with van der Waals surface area (Å²) in [6, 6.07) is -0.462. The maximum atomic E-state index is 11.3. The predicted octanol–water partition coefficient (Wildman–Crippen LogP) is 1.84. The van der Waals surface area contributed by atoms with Crippen LogP contribution in [0.1, 0.15) is 12.8 Å². The van der Waals surface area contributed by atoms with E-state index in [1.165, 1.54) is 0 Å². The van der Waals surface area contributed by atoms with Gasteiger partial charge in [0.2, 0.25) is 0 Å². The quantitative estimate of drug-likeness (QED) is 0.576. The molecule has 4 nitrogen and oxygen atoms in total. The Kier molecular flexibility index (Phi) is 9.85. The number of hydrogen-bond acceptors (Lipinski definition) is 4. The van der Waals surface area contributed by atoms with E-state index in [1.54, 1.807) is 0 Å². The van der Waals surface area contributed by atoms with E-state index >= 15 is 0 Å². The van der Waals surface area contributed by atoms with Gasteiger partial charge in [-0.3, -0.25) is 14.7 Å². The van der Waals surface area contributed by atoms with Crippen molar-refractivity contribution in [3.8, 4) is 0 Å². The minimum absolute atomic E-state index is 0.0147. The van der Waals surface area contributed by atoms with Crippen LogP contribution in [0.25, 0.3) is 0 Å². The second-order valence-corrected chi connectivity index (χ2v) is 9.44. The summed E-state index contributed by atoms with van der Waals surface area (Å²) in [5, 5.41) is 3.02. The molecule has 0 aromatic rings. The number of Topliss-reactive ketones (excluding diaryl/α,β-unsaturated/α-hetero) is 1. The summed E-state index contributed by atoms with van der Waals surface area (Å²) in [7, 11) is 6.41. The highest BCUT2D eigenvalue weighted by Crippen LogP contribution is 2.49. The molecule has 0 rings (SSSR count). The molecule has 0 radical (unpaired) electrons. The number of alkyl halides is 1. The monoisotopic (exact) mass is 307 g/mol. The summed E-state index contributed by atoms with van der Waals surface area (Å²) in [6.45, 7) is 0. The molecule has 0 fully saturated rings. The molecule has 0 aliphatic heterocycles. The molecule has 0 aliphatic carbocycles. The molecule has 0 saturated carbocycles. The fourth-order valence-corrected chi connectivity index (χ4v) is 2.84. The number of carbonyl (C=O) groups is 2. The lowest BCUT2D eigenvalue weighted by Gasteiger charge is -2.17. The normalized spacial score (nSPS) is 12.6. The van der Waals surface area contributed by atoms with E-state index in [4.69, 9.17) is 11.6 Å². The average molecular weight is 308 g/mol. The molecule has 0 saturated heterocycles. The third kappa shape index (κ3) is 7.92. The van der Waals surface area contributed by atoms with Crippen LogP contribution in [0.15, 0.2) is 0 Å². The van der Waals surface area contributed by atoms with Gasteiger partial charge in [-0.25, -0.2) is 0 Å². The number of ketones is 1. The Morgan fingerprint density at radius 3 is 2.47 bits per heavy atom.